The minimum Gasteiger partial charge on any atom is -0.619 e. The number of pyridine rings is 1. The predicted octanol–water partition coefficient (Wildman–Crippen LogP) is 3.78. The van der Waals surface area contributed by atoms with Gasteiger partial charge in [0.25, 0.3) is 0 Å². The Morgan fingerprint density at radius 2 is 1.67 bits per heavy atom. The van der Waals surface area contributed by atoms with Crippen LogP contribution < -0.4 is 14.2 Å². The van der Waals surface area contributed by atoms with Crippen LogP contribution in [0.4, 0.5) is 0 Å². The number of phenolic OH excluding ortho intramolecular Hbond substituents is 1. The van der Waals surface area contributed by atoms with Gasteiger partial charge in [-0.15, -0.1) is 0 Å². The molecule has 11 heteroatoms. The van der Waals surface area contributed by atoms with Crippen molar-refractivity contribution >= 4 is 33.2 Å². The van der Waals surface area contributed by atoms with Crippen LogP contribution in [-0.2, 0) is 23.0 Å². The molecule has 0 saturated carbocycles. The fourth-order valence-corrected chi connectivity index (χ4v) is 5.38. The Labute approximate surface area is 202 Å². The van der Waals surface area contributed by atoms with E-state index in [1.165, 1.54) is 49.1 Å². The molecule has 1 heterocycles. The van der Waals surface area contributed by atoms with Gasteiger partial charge in [0, 0.05) is 30.2 Å². The Balaban J connectivity index is 1.97. The van der Waals surface area contributed by atoms with Crippen LogP contribution in [0, 0.1) is 5.21 Å². The molecule has 0 spiro atoms. The molecule has 1 N–H and O–H groups in total. The number of sulfonamides is 1. The first-order chi connectivity index (χ1) is 15.6. The first kappa shape index (κ1) is 24.9. The number of nitrogens with zero attached hydrogens (tertiary/aromatic N) is 2. The van der Waals surface area contributed by atoms with Gasteiger partial charge in [0.1, 0.15) is 4.90 Å². The van der Waals surface area contributed by atoms with E-state index in [1.54, 1.807) is 12.1 Å². The highest BCUT2D eigenvalue weighted by Crippen LogP contribution is 2.36. The molecule has 1 aromatic heterocycles. The lowest BCUT2D eigenvalue weighted by molar-refractivity contribution is -0.605. The third kappa shape index (κ3) is 5.80. The number of hydrogen-bond donors (Lipinski definition) is 1. The van der Waals surface area contributed by atoms with Crippen molar-refractivity contribution in [2.75, 3.05) is 20.8 Å². The molecule has 0 atom stereocenters. The van der Waals surface area contributed by atoms with Gasteiger partial charge in [-0.3, -0.25) is 0 Å². The molecule has 0 aliphatic rings. The maximum absolute atomic E-state index is 13.5. The molecule has 33 heavy (non-hydrogen) atoms. The maximum Gasteiger partial charge on any atom is 0.247 e. The zero-order chi connectivity index (χ0) is 24.2. The van der Waals surface area contributed by atoms with Crippen molar-refractivity contribution in [3.8, 4) is 17.2 Å². The Morgan fingerprint density at radius 3 is 2.30 bits per heavy atom. The molecule has 3 aromatic rings. The Morgan fingerprint density at radius 1 is 1.00 bits per heavy atom. The minimum atomic E-state index is -4.21. The monoisotopic (exact) mass is 512 g/mol. The molecular formula is C22H22Cl2N2O6S. The van der Waals surface area contributed by atoms with E-state index >= 15 is 0 Å². The number of benzene rings is 2. The third-order valence-electron chi connectivity index (χ3n) is 4.94. The summed E-state index contributed by atoms with van der Waals surface area (Å²) in [5.74, 6) is 0.494. The van der Waals surface area contributed by atoms with Crippen LogP contribution in [0.1, 0.15) is 11.1 Å². The van der Waals surface area contributed by atoms with E-state index in [-0.39, 0.29) is 23.1 Å². The van der Waals surface area contributed by atoms with E-state index < -0.39 is 20.7 Å². The summed E-state index contributed by atoms with van der Waals surface area (Å²) < 4.78 is 39.4. The molecule has 176 valence electrons. The minimum absolute atomic E-state index is 0.0416. The number of methoxy groups -OCH3 is 2. The molecule has 0 aliphatic carbocycles. The van der Waals surface area contributed by atoms with Gasteiger partial charge in [0.15, 0.2) is 29.6 Å². The quantitative estimate of drug-likeness (QED) is 0.345. The normalized spacial score (nSPS) is 11.5. The number of rotatable bonds is 9. The van der Waals surface area contributed by atoms with Crippen molar-refractivity contribution in [2.45, 2.75) is 17.9 Å². The molecule has 0 fully saturated rings. The summed E-state index contributed by atoms with van der Waals surface area (Å²) in [6.07, 6.45) is 2.90. The first-order valence-electron chi connectivity index (χ1n) is 9.72. The standard InChI is InChI=1S/C22H22Cl2N2O6S/c1-31-19-4-3-15(11-20(19)32-2)7-10-26(14-16-5-8-25(28)9-6-16)33(29,30)21-13-17(23)12-18(24)22(21)27/h3-6,8-9,11-13,27H,7,10,14H2,1-2H3. The lowest BCUT2D eigenvalue weighted by Crippen LogP contribution is -2.33. The summed E-state index contributed by atoms with van der Waals surface area (Å²) in [5, 5.41) is 21.6. The summed E-state index contributed by atoms with van der Waals surface area (Å²) in [7, 11) is -1.17. The number of halogens is 2. The van der Waals surface area contributed by atoms with Gasteiger partial charge in [0.05, 0.1) is 19.2 Å². The second kappa shape index (κ2) is 10.5. The van der Waals surface area contributed by atoms with Gasteiger partial charge in [-0.2, -0.15) is 9.04 Å². The number of hydrogen-bond acceptors (Lipinski definition) is 6. The van der Waals surface area contributed by atoms with E-state index in [1.807, 2.05) is 6.07 Å². The summed E-state index contributed by atoms with van der Waals surface area (Å²) >= 11 is 12.0. The topological polar surface area (TPSA) is 103 Å². The zero-order valence-electron chi connectivity index (χ0n) is 17.9. The van der Waals surface area contributed by atoms with Crippen molar-refractivity contribution in [3.05, 3.63) is 81.2 Å². The molecule has 3 rings (SSSR count). The molecule has 0 unspecified atom stereocenters. The fourth-order valence-electron chi connectivity index (χ4n) is 3.20. The third-order valence-corrected chi connectivity index (χ3v) is 7.30. The summed E-state index contributed by atoms with van der Waals surface area (Å²) in [5.41, 5.74) is 1.40. The Kier molecular flexibility index (Phi) is 7.91. The van der Waals surface area contributed by atoms with Crippen LogP contribution in [0.2, 0.25) is 10.0 Å². The van der Waals surface area contributed by atoms with Crippen LogP contribution >= 0.6 is 23.2 Å². The van der Waals surface area contributed by atoms with Gasteiger partial charge in [-0.25, -0.2) is 8.42 Å². The Bertz CT molecular complexity index is 1240. The van der Waals surface area contributed by atoms with Crippen molar-refractivity contribution in [1.82, 2.24) is 4.31 Å². The van der Waals surface area contributed by atoms with E-state index in [0.29, 0.717) is 28.2 Å². The molecule has 0 radical (unpaired) electrons. The van der Waals surface area contributed by atoms with Crippen molar-refractivity contribution in [2.24, 2.45) is 0 Å². The molecule has 2 aromatic carbocycles. The van der Waals surface area contributed by atoms with Crippen LogP contribution in [0.5, 0.6) is 17.2 Å². The molecule has 8 nitrogen and oxygen atoms in total. The smallest absolute Gasteiger partial charge is 0.247 e. The molecule has 0 aliphatic heterocycles. The lowest BCUT2D eigenvalue weighted by atomic mass is 10.1. The second-order valence-corrected chi connectivity index (χ2v) is 9.83. The number of aromatic hydroxyl groups is 1. The van der Waals surface area contributed by atoms with E-state index in [4.69, 9.17) is 32.7 Å². The van der Waals surface area contributed by atoms with Gasteiger partial charge >= 0.3 is 0 Å². The highest BCUT2D eigenvalue weighted by molar-refractivity contribution is 7.89. The van der Waals surface area contributed by atoms with Gasteiger partial charge in [-0.1, -0.05) is 29.3 Å². The van der Waals surface area contributed by atoms with Gasteiger partial charge in [0.2, 0.25) is 10.0 Å². The van der Waals surface area contributed by atoms with Crippen LogP contribution in [0.15, 0.2) is 59.8 Å². The predicted molar refractivity (Wildman–Crippen MR) is 124 cm³/mol. The van der Waals surface area contributed by atoms with Crippen molar-refractivity contribution in [3.63, 3.8) is 0 Å². The highest BCUT2D eigenvalue weighted by atomic mass is 35.5. The van der Waals surface area contributed by atoms with Crippen molar-refractivity contribution < 1.29 is 27.7 Å². The average molecular weight is 513 g/mol. The summed E-state index contributed by atoms with van der Waals surface area (Å²) in [6, 6.07) is 10.8. The highest BCUT2D eigenvalue weighted by Gasteiger charge is 2.29. The molecular weight excluding hydrogens is 491 g/mol. The van der Waals surface area contributed by atoms with E-state index in [2.05, 4.69) is 0 Å². The first-order valence-corrected chi connectivity index (χ1v) is 11.9. The number of phenols is 1. The summed E-state index contributed by atoms with van der Waals surface area (Å²) in [6.45, 7) is 0.0215. The average Bonchev–Trinajstić information content (AvgIpc) is 2.79. The van der Waals surface area contributed by atoms with Crippen LogP contribution in [0.3, 0.4) is 0 Å². The largest absolute Gasteiger partial charge is 0.619 e. The summed E-state index contributed by atoms with van der Waals surface area (Å²) in [4.78, 5) is -0.401. The second-order valence-electron chi connectivity index (χ2n) is 7.08. The molecule has 0 saturated heterocycles. The SMILES string of the molecule is COc1ccc(CCN(Cc2cc[n+]([O-])cc2)S(=O)(=O)c2cc(Cl)cc(Cl)c2O)cc1OC. The van der Waals surface area contributed by atoms with Gasteiger partial charge < -0.3 is 19.8 Å². The molecule has 0 bridgehead atoms. The molecule has 0 amide bonds. The Hall–Kier alpha value is -2.72. The number of ether oxygens (including phenoxy) is 2. The van der Waals surface area contributed by atoms with E-state index in [0.717, 1.165) is 11.6 Å². The maximum atomic E-state index is 13.5. The lowest BCUT2D eigenvalue weighted by Gasteiger charge is -2.23. The zero-order valence-corrected chi connectivity index (χ0v) is 20.2. The van der Waals surface area contributed by atoms with E-state index in [9.17, 15) is 18.7 Å². The van der Waals surface area contributed by atoms with Gasteiger partial charge in [-0.05, 0) is 41.8 Å². The van der Waals surface area contributed by atoms with Crippen LogP contribution in [-0.4, -0.2) is 38.6 Å². The number of aromatic nitrogens is 1. The fraction of sp³-hybridized carbons (Fsp3) is 0.227. The van der Waals surface area contributed by atoms with Crippen molar-refractivity contribution in [1.29, 1.82) is 0 Å². The van der Waals surface area contributed by atoms with Crippen LogP contribution in [0.25, 0.3) is 0 Å².